The van der Waals surface area contributed by atoms with Crippen LogP contribution in [0, 0.1) is 0 Å². The highest BCUT2D eigenvalue weighted by molar-refractivity contribution is 7.89. The summed E-state index contributed by atoms with van der Waals surface area (Å²) in [7, 11) is -1.49. The second-order valence-electron chi connectivity index (χ2n) is 6.02. The monoisotopic (exact) mass is 422 g/mol. The van der Waals surface area contributed by atoms with Crippen LogP contribution in [-0.4, -0.2) is 50.9 Å². The lowest BCUT2D eigenvalue weighted by Crippen LogP contribution is -2.33. The molecule has 0 aliphatic heterocycles. The number of benzene rings is 2. The second kappa shape index (κ2) is 9.84. The van der Waals surface area contributed by atoms with Crippen LogP contribution in [0.2, 0.25) is 5.02 Å². The van der Waals surface area contributed by atoms with E-state index in [1.165, 1.54) is 32.4 Å². The van der Waals surface area contributed by atoms with E-state index in [1.54, 1.807) is 11.0 Å². The standard InChI is InChI=1S/C20H23ClN2O4S/c1-4-13-23(14-12-16-8-6-5-7-9-16)20(24)17-10-11-18(21)19(15-17)28(25,26)22(2)27-3/h4-11,15H,1,12-14H2,2-3H3. The molecule has 6 nitrogen and oxygen atoms in total. The van der Waals surface area contributed by atoms with Crippen molar-refractivity contribution in [2.45, 2.75) is 11.3 Å². The van der Waals surface area contributed by atoms with E-state index < -0.39 is 10.0 Å². The maximum atomic E-state index is 13.0. The quantitative estimate of drug-likeness (QED) is 0.459. The third-order valence-corrected chi connectivity index (χ3v) is 6.36. The molecule has 0 radical (unpaired) electrons. The fourth-order valence-corrected chi connectivity index (χ4v) is 4.07. The summed E-state index contributed by atoms with van der Waals surface area (Å²) < 4.78 is 25.8. The first kappa shape index (κ1) is 22.1. The molecule has 28 heavy (non-hydrogen) atoms. The van der Waals surface area contributed by atoms with Crippen molar-refractivity contribution in [1.29, 1.82) is 0 Å². The van der Waals surface area contributed by atoms with E-state index in [0.717, 1.165) is 5.56 Å². The van der Waals surface area contributed by atoms with Gasteiger partial charge in [0.2, 0.25) is 0 Å². The topological polar surface area (TPSA) is 66.9 Å². The lowest BCUT2D eigenvalue weighted by atomic mass is 10.1. The van der Waals surface area contributed by atoms with Gasteiger partial charge in [-0.05, 0) is 30.2 Å². The Labute approximate surface area is 171 Å². The van der Waals surface area contributed by atoms with Crippen LogP contribution in [0.4, 0.5) is 0 Å². The van der Waals surface area contributed by atoms with Crippen LogP contribution in [-0.2, 0) is 21.3 Å². The van der Waals surface area contributed by atoms with Crippen molar-refractivity contribution >= 4 is 27.5 Å². The number of halogens is 1. The first-order valence-corrected chi connectivity index (χ1v) is 10.4. The molecule has 0 saturated heterocycles. The van der Waals surface area contributed by atoms with Crippen molar-refractivity contribution < 1.29 is 18.0 Å². The summed E-state index contributed by atoms with van der Waals surface area (Å²) in [6.45, 7) is 4.51. The van der Waals surface area contributed by atoms with Gasteiger partial charge in [0.1, 0.15) is 4.90 Å². The zero-order chi connectivity index (χ0) is 20.7. The molecule has 0 heterocycles. The smallest absolute Gasteiger partial charge is 0.266 e. The average Bonchev–Trinajstić information content (AvgIpc) is 2.70. The Balaban J connectivity index is 2.29. The number of carbonyl (C=O) groups is 1. The predicted molar refractivity (Wildman–Crippen MR) is 110 cm³/mol. The molecule has 0 bridgehead atoms. The van der Waals surface area contributed by atoms with Crippen molar-refractivity contribution in [2.24, 2.45) is 0 Å². The molecule has 2 rings (SSSR count). The number of hydrogen-bond acceptors (Lipinski definition) is 4. The third-order valence-electron chi connectivity index (χ3n) is 4.20. The molecule has 0 fully saturated rings. The number of hydrogen-bond donors (Lipinski definition) is 0. The third kappa shape index (κ3) is 5.20. The van der Waals surface area contributed by atoms with Crippen molar-refractivity contribution in [3.05, 3.63) is 77.3 Å². The van der Waals surface area contributed by atoms with Gasteiger partial charge in [-0.3, -0.25) is 9.63 Å². The largest absolute Gasteiger partial charge is 0.335 e. The van der Waals surface area contributed by atoms with Gasteiger partial charge in [0, 0.05) is 25.7 Å². The maximum Gasteiger partial charge on any atom is 0.266 e. The van der Waals surface area contributed by atoms with Gasteiger partial charge in [0.05, 0.1) is 12.1 Å². The Bertz CT molecular complexity index is 932. The number of carbonyl (C=O) groups excluding carboxylic acids is 1. The second-order valence-corrected chi connectivity index (χ2v) is 8.33. The fraction of sp³-hybridized carbons (Fsp3) is 0.250. The van der Waals surface area contributed by atoms with Gasteiger partial charge in [-0.1, -0.05) is 52.5 Å². The number of rotatable bonds is 9. The van der Waals surface area contributed by atoms with Crippen LogP contribution < -0.4 is 0 Å². The van der Waals surface area contributed by atoms with E-state index in [9.17, 15) is 13.2 Å². The minimum absolute atomic E-state index is 0.0139. The first-order chi connectivity index (χ1) is 13.3. The summed E-state index contributed by atoms with van der Waals surface area (Å²) in [5.74, 6) is -0.302. The molecule has 0 unspecified atom stereocenters. The van der Waals surface area contributed by atoms with E-state index >= 15 is 0 Å². The van der Waals surface area contributed by atoms with Crippen LogP contribution in [0.5, 0.6) is 0 Å². The van der Waals surface area contributed by atoms with Crippen LogP contribution in [0.3, 0.4) is 0 Å². The highest BCUT2D eigenvalue weighted by Gasteiger charge is 2.26. The van der Waals surface area contributed by atoms with E-state index in [-0.39, 0.29) is 21.4 Å². The minimum atomic E-state index is -3.98. The summed E-state index contributed by atoms with van der Waals surface area (Å²) in [6, 6.07) is 14.0. The van der Waals surface area contributed by atoms with E-state index in [0.29, 0.717) is 24.0 Å². The maximum absolute atomic E-state index is 13.0. The first-order valence-electron chi connectivity index (χ1n) is 8.58. The van der Waals surface area contributed by atoms with Crippen molar-refractivity contribution in [3.63, 3.8) is 0 Å². The van der Waals surface area contributed by atoms with Gasteiger partial charge >= 0.3 is 0 Å². The number of amides is 1. The highest BCUT2D eigenvalue weighted by atomic mass is 35.5. The Morgan fingerprint density at radius 3 is 2.50 bits per heavy atom. The Kier molecular flexibility index (Phi) is 7.77. The molecule has 0 atom stereocenters. The molecule has 1 amide bonds. The molecule has 8 heteroatoms. The predicted octanol–water partition coefficient (Wildman–Crippen LogP) is 3.39. The molecule has 150 valence electrons. The zero-order valence-electron chi connectivity index (χ0n) is 15.8. The van der Waals surface area contributed by atoms with Crippen LogP contribution in [0.1, 0.15) is 15.9 Å². The molecule has 0 aliphatic rings. The number of nitrogens with zero attached hydrogens (tertiary/aromatic N) is 2. The summed E-state index contributed by atoms with van der Waals surface area (Å²) in [6.07, 6.45) is 2.31. The van der Waals surface area contributed by atoms with Gasteiger partial charge in [0.15, 0.2) is 0 Å². The highest BCUT2D eigenvalue weighted by Crippen LogP contribution is 2.26. The van der Waals surface area contributed by atoms with Gasteiger partial charge < -0.3 is 4.90 Å². The van der Waals surface area contributed by atoms with Crippen molar-refractivity contribution in [1.82, 2.24) is 9.37 Å². The van der Waals surface area contributed by atoms with Crippen molar-refractivity contribution in [3.8, 4) is 0 Å². The molecule has 0 spiro atoms. The van der Waals surface area contributed by atoms with Gasteiger partial charge in [-0.25, -0.2) is 8.42 Å². The minimum Gasteiger partial charge on any atom is -0.335 e. The lowest BCUT2D eigenvalue weighted by molar-refractivity contribution is -0.0258. The lowest BCUT2D eigenvalue weighted by Gasteiger charge is -2.22. The summed E-state index contributed by atoms with van der Waals surface area (Å²) in [5.41, 5.74) is 1.33. The summed E-state index contributed by atoms with van der Waals surface area (Å²) >= 11 is 6.07. The molecule has 0 aliphatic carbocycles. The molecule has 0 aromatic heterocycles. The molecule has 2 aromatic carbocycles. The van der Waals surface area contributed by atoms with Crippen LogP contribution in [0.25, 0.3) is 0 Å². The van der Waals surface area contributed by atoms with E-state index in [1.807, 2.05) is 30.3 Å². The summed E-state index contributed by atoms with van der Waals surface area (Å²) in [5, 5.41) is 0.0139. The Morgan fingerprint density at radius 2 is 1.89 bits per heavy atom. The van der Waals surface area contributed by atoms with Gasteiger partial charge in [0.25, 0.3) is 15.9 Å². The normalized spacial score (nSPS) is 11.4. The van der Waals surface area contributed by atoms with E-state index in [4.69, 9.17) is 16.4 Å². The number of sulfonamides is 1. The van der Waals surface area contributed by atoms with Gasteiger partial charge in [-0.2, -0.15) is 0 Å². The Morgan fingerprint density at radius 1 is 1.21 bits per heavy atom. The fourth-order valence-electron chi connectivity index (χ4n) is 2.59. The Hall–Kier alpha value is -2.19. The molecule has 0 saturated carbocycles. The van der Waals surface area contributed by atoms with Crippen LogP contribution in [0.15, 0.2) is 66.1 Å². The number of hydroxylamine groups is 1. The van der Waals surface area contributed by atoms with Gasteiger partial charge in [-0.15, -0.1) is 6.58 Å². The van der Waals surface area contributed by atoms with Crippen molar-refractivity contribution in [2.75, 3.05) is 27.2 Å². The van der Waals surface area contributed by atoms with E-state index in [2.05, 4.69) is 6.58 Å². The van der Waals surface area contributed by atoms with Crippen LogP contribution >= 0.6 is 11.6 Å². The SMILES string of the molecule is C=CCN(CCc1ccccc1)C(=O)c1ccc(Cl)c(S(=O)(=O)N(C)OC)c1. The zero-order valence-corrected chi connectivity index (χ0v) is 17.4. The molecular formula is C20H23ClN2O4S. The molecule has 0 N–H and O–H groups in total. The molecule has 2 aromatic rings. The summed E-state index contributed by atoms with van der Waals surface area (Å²) in [4.78, 5) is 19.2. The average molecular weight is 423 g/mol. The molecular weight excluding hydrogens is 400 g/mol.